The number of hydrogen-bond acceptors (Lipinski definition) is 4. The van der Waals surface area contributed by atoms with Gasteiger partial charge >= 0.3 is 5.97 Å². The summed E-state index contributed by atoms with van der Waals surface area (Å²) >= 11 is 0. The van der Waals surface area contributed by atoms with E-state index in [1.165, 1.54) is 0 Å². The minimum absolute atomic E-state index is 0.0283. The van der Waals surface area contributed by atoms with Gasteiger partial charge in [0.05, 0.1) is 30.4 Å². The molecule has 1 heterocycles. The van der Waals surface area contributed by atoms with Gasteiger partial charge in [-0.15, -0.1) is 0 Å². The SMILES string of the molecule is CCOC(=O)C(C)c1c(C)nn(C2CCCCC2O)c1C. The number of rotatable bonds is 4. The summed E-state index contributed by atoms with van der Waals surface area (Å²) in [7, 11) is 0. The van der Waals surface area contributed by atoms with E-state index in [-0.39, 0.29) is 24.0 Å². The van der Waals surface area contributed by atoms with E-state index >= 15 is 0 Å². The first-order valence-corrected chi connectivity index (χ1v) is 7.87. The fraction of sp³-hybridized carbons (Fsp3) is 0.750. The Labute approximate surface area is 126 Å². The first-order chi connectivity index (χ1) is 9.97. The average Bonchev–Trinajstić information content (AvgIpc) is 2.74. The maximum Gasteiger partial charge on any atom is 0.313 e. The van der Waals surface area contributed by atoms with Crippen LogP contribution in [-0.2, 0) is 9.53 Å². The molecule has 5 heteroatoms. The van der Waals surface area contributed by atoms with E-state index < -0.39 is 0 Å². The topological polar surface area (TPSA) is 64.3 Å². The highest BCUT2D eigenvalue weighted by Gasteiger charge is 2.30. The molecule has 3 unspecified atom stereocenters. The van der Waals surface area contributed by atoms with Crippen LogP contribution < -0.4 is 0 Å². The zero-order valence-electron chi connectivity index (χ0n) is 13.4. The number of aryl methyl sites for hydroxylation is 1. The van der Waals surface area contributed by atoms with Crippen LogP contribution in [0.5, 0.6) is 0 Å². The van der Waals surface area contributed by atoms with Gasteiger partial charge in [-0.2, -0.15) is 5.10 Å². The molecule has 0 radical (unpaired) electrons. The quantitative estimate of drug-likeness (QED) is 0.867. The van der Waals surface area contributed by atoms with Crippen molar-refractivity contribution >= 4 is 5.97 Å². The lowest BCUT2D eigenvalue weighted by atomic mass is 9.92. The standard InChI is InChI=1S/C16H26N2O3/c1-5-21-16(20)10(2)15-11(3)17-18(12(15)4)13-8-6-7-9-14(13)19/h10,13-14,19H,5-9H2,1-4H3. The van der Waals surface area contributed by atoms with Crippen molar-refractivity contribution in [3.63, 3.8) is 0 Å². The van der Waals surface area contributed by atoms with Crippen molar-refractivity contribution in [1.29, 1.82) is 0 Å². The minimum Gasteiger partial charge on any atom is -0.466 e. The second kappa shape index (κ2) is 6.60. The van der Waals surface area contributed by atoms with E-state index in [1.807, 2.05) is 32.4 Å². The van der Waals surface area contributed by atoms with Crippen LogP contribution in [0.4, 0.5) is 0 Å². The molecule has 0 aromatic carbocycles. The van der Waals surface area contributed by atoms with Gasteiger partial charge in [-0.3, -0.25) is 9.48 Å². The molecule has 1 aromatic rings. The molecule has 0 aliphatic heterocycles. The van der Waals surface area contributed by atoms with Gasteiger partial charge in [-0.1, -0.05) is 12.8 Å². The number of esters is 1. The summed E-state index contributed by atoms with van der Waals surface area (Å²) in [6, 6.07) is 0.0283. The highest BCUT2D eigenvalue weighted by molar-refractivity contribution is 5.78. The van der Waals surface area contributed by atoms with E-state index in [9.17, 15) is 9.90 Å². The van der Waals surface area contributed by atoms with E-state index in [1.54, 1.807) is 0 Å². The summed E-state index contributed by atoms with van der Waals surface area (Å²) in [5.41, 5.74) is 2.76. The van der Waals surface area contributed by atoms with Crippen LogP contribution in [0.3, 0.4) is 0 Å². The van der Waals surface area contributed by atoms with Crippen molar-refractivity contribution in [2.75, 3.05) is 6.61 Å². The largest absolute Gasteiger partial charge is 0.466 e. The van der Waals surface area contributed by atoms with E-state index in [2.05, 4.69) is 5.10 Å². The Morgan fingerprint density at radius 1 is 1.43 bits per heavy atom. The third kappa shape index (κ3) is 3.12. The van der Waals surface area contributed by atoms with E-state index in [0.717, 1.165) is 42.6 Å². The molecule has 1 saturated carbocycles. The number of hydrogen-bond donors (Lipinski definition) is 1. The Morgan fingerprint density at radius 2 is 2.10 bits per heavy atom. The van der Waals surface area contributed by atoms with Crippen LogP contribution in [0.1, 0.15) is 68.4 Å². The molecule has 21 heavy (non-hydrogen) atoms. The lowest BCUT2D eigenvalue weighted by molar-refractivity contribution is -0.144. The summed E-state index contributed by atoms with van der Waals surface area (Å²) in [6.07, 6.45) is 3.61. The normalized spacial score (nSPS) is 23.9. The zero-order chi connectivity index (χ0) is 15.6. The number of carbonyl (C=O) groups excluding carboxylic acids is 1. The van der Waals surface area contributed by atoms with Gasteiger partial charge in [-0.05, 0) is 40.5 Å². The van der Waals surface area contributed by atoms with E-state index in [0.29, 0.717) is 6.61 Å². The number of ether oxygens (including phenoxy) is 1. The number of aliphatic hydroxyl groups excluding tert-OH is 1. The van der Waals surface area contributed by atoms with E-state index in [4.69, 9.17) is 4.74 Å². The monoisotopic (exact) mass is 294 g/mol. The molecule has 1 N–H and O–H groups in total. The zero-order valence-corrected chi connectivity index (χ0v) is 13.4. The van der Waals surface area contributed by atoms with Crippen molar-refractivity contribution in [1.82, 2.24) is 9.78 Å². The van der Waals surface area contributed by atoms with Crippen molar-refractivity contribution in [3.8, 4) is 0 Å². The fourth-order valence-corrected chi connectivity index (χ4v) is 3.39. The summed E-state index contributed by atoms with van der Waals surface area (Å²) in [6.45, 7) is 7.95. The fourth-order valence-electron chi connectivity index (χ4n) is 3.39. The second-order valence-corrected chi connectivity index (χ2v) is 5.92. The number of nitrogens with zero attached hydrogens (tertiary/aromatic N) is 2. The molecule has 0 saturated heterocycles. The molecule has 1 aliphatic carbocycles. The summed E-state index contributed by atoms with van der Waals surface area (Å²) in [5.74, 6) is -0.535. The smallest absolute Gasteiger partial charge is 0.313 e. The van der Waals surface area contributed by atoms with Gasteiger partial charge in [0, 0.05) is 11.3 Å². The second-order valence-electron chi connectivity index (χ2n) is 5.92. The molecule has 5 nitrogen and oxygen atoms in total. The molecule has 1 aliphatic rings. The third-order valence-electron chi connectivity index (χ3n) is 4.46. The molecule has 0 bridgehead atoms. The lowest BCUT2D eigenvalue weighted by Gasteiger charge is -2.29. The predicted octanol–water partition coefficient (Wildman–Crippen LogP) is 2.64. The molecule has 1 fully saturated rings. The van der Waals surface area contributed by atoms with Crippen molar-refractivity contribution in [2.24, 2.45) is 0 Å². The predicted molar refractivity (Wildman–Crippen MR) is 80.3 cm³/mol. The summed E-state index contributed by atoms with van der Waals surface area (Å²) in [5, 5.41) is 14.8. The first kappa shape index (κ1) is 16.0. The van der Waals surface area contributed by atoms with Gasteiger partial charge in [0.25, 0.3) is 0 Å². The molecule has 1 aromatic heterocycles. The minimum atomic E-state index is -0.345. The molecule has 0 spiro atoms. The first-order valence-electron chi connectivity index (χ1n) is 7.87. The Morgan fingerprint density at radius 3 is 2.71 bits per heavy atom. The van der Waals surface area contributed by atoms with Crippen LogP contribution in [0.15, 0.2) is 0 Å². The van der Waals surface area contributed by atoms with Gasteiger partial charge < -0.3 is 9.84 Å². The Bertz CT molecular complexity index is 510. The third-order valence-corrected chi connectivity index (χ3v) is 4.46. The summed E-state index contributed by atoms with van der Waals surface area (Å²) < 4.78 is 7.04. The maximum atomic E-state index is 12.0. The Hall–Kier alpha value is -1.36. The Balaban J connectivity index is 2.30. The maximum absolute atomic E-state index is 12.0. The van der Waals surface area contributed by atoms with Gasteiger partial charge in [0.1, 0.15) is 0 Å². The number of aromatic nitrogens is 2. The van der Waals surface area contributed by atoms with Crippen molar-refractivity contribution in [2.45, 2.75) is 71.4 Å². The molecule has 3 atom stereocenters. The molecular formula is C16H26N2O3. The lowest BCUT2D eigenvalue weighted by Crippen LogP contribution is -2.29. The van der Waals surface area contributed by atoms with Crippen LogP contribution in [-0.4, -0.2) is 33.6 Å². The van der Waals surface area contributed by atoms with Crippen molar-refractivity contribution in [3.05, 3.63) is 17.0 Å². The Kier molecular flexibility index (Phi) is 5.04. The van der Waals surface area contributed by atoms with Crippen LogP contribution in [0.2, 0.25) is 0 Å². The molecule has 2 rings (SSSR count). The molecule has 118 valence electrons. The molecule has 0 amide bonds. The van der Waals surface area contributed by atoms with Gasteiger partial charge in [-0.25, -0.2) is 0 Å². The van der Waals surface area contributed by atoms with Crippen molar-refractivity contribution < 1.29 is 14.6 Å². The van der Waals surface area contributed by atoms with Crippen LogP contribution in [0, 0.1) is 13.8 Å². The highest BCUT2D eigenvalue weighted by Crippen LogP contribution is 2.33. The molecular weight excluding hydrogens is 268 g/mol. The number of carbonyl (C=O) groups is 1. The van der Waals surface area contributed by atoms with Crippen LogP contribution in [0.25, 0.3) is 0 Å². The van der Waals surface area contributed by atoms with Gasteiger partial charge in [0.2, 0.25) is 0 Å². The average molecular weight is 294 g/mol. The number of aliphatic hydroxyl groups is 1. The van der Waals surface area contributed by atoms with Crippen LogP contribution >= 0.6 is 0 Å². The summed E-state index contributed by atoms with van der Waals surface area (Å²) in [4.78, 5) is 12.0. The van der Waals surface area contributed by atoms with Gasteiger partial charge in [0.15, 0.2) is 0 Å². The highest BCUT2D eigenvalue weighted by atomic mass is 16.5.